The number of rotatable bonds is 0. The van der Waals surface area contributed by atoms with E-state index in [0.29, 0.717) is 3.71 Å². The Kier molecular flexibility index (Phi) is 12.4. The third-order valence-corrected chi connectivity index (χ3v) is 0.513. The third kappa shape index (κ3) is 46.6. The SMILES string of the molecule is O=C(O)N(S)S.O=S(=O)(O)O.[Mo]. The molecule has 0 atom stereocenters. The van der Waals surface area contributed by atoms with Crippen molar-refractivity contribution >= 4 is 42.1 Å². The molecule has 12 heavy (non-hydrogen) atoms. The van der Waals surface area contributed by atoms with Crippen LogP contribution < -0.4 is 0 Å². The van der Waals surface area contributed by atoms with Gasteiger partial charge in [-0.3, -0.25) is 9.11 Å². The molecule has 0 saturated heterocycles. The van der Waals surface area contributed by atoms with Crippen molar-refractivity contribution < 1.29 is 48.5 Å². The molecule has 0 unspecified atom stereocenters. The first-order chi connectivity index (χ1) is 4.64. The third-order valence-electron chi connectivity index (χ3n) is 0.171. The smallest absolute Gasteiger partial charge is 0.427 e. The Morgan fingerprint density at radius 2 is 1.33 bits per heavy atom. The van der Waals surface area contributed by atoms with Crippen LogP contribution in [0.25, 0.3) is 0 Å². The number of hydrogen-bond donors (Lipinski definition) is 5. The van der Waals surface area contributed by atoms with Crippen LogP contribution in [0.15, 0.2) is 0 Å². The maximum absolute atomic E-state index is 9.47. The van der Waals surface area contributed by atoms with Crippen molar-refractivity contribution in [2.24, 2.45) is 0 Å². The Hall–Kier alpha value is 0.528. The summed E-state index contributed by atoms with van der Waals surface area (Å²) in [6.07, 6.45) is -1.18. The van der Waals surface area contributed by atoms with Crippen LogP contribution in [0.1, 0.15) is 0 Å². The molecule has 0 aromatic heterocycles. The van der Waals surface area contributed by atoms with Crippen LogP contribution in [0.4, 0.5) is 4.79 Å². The van der Waals surface area contributed by atoms with Gasteiger partial charge in [0.15, 0.2) is 0 Å². The second-order valence-electron chi connectivity index (χ2n) is 1.02. The van der Waals surface area contributed by atoms with Crippen LogP contribution in [0.5, 0.6) is 0 Å². The van der Waals surface area contributed by atoms with Gasteiger partial charge < -0.3 is 5.11 Å². The first kappa shape index (κ1) is 18.3. The minimum atomic E-state index is -4.67. The summed E-state index contributed by atoms with van der Waals surface area (Å²) in [7, 11) is -4.67. The topological polar surface area (TPSA) is 115 Å². The van der Waals surface area contributed by atoms with Gasteiger partial charge in [-0.2, -0.15) is 12.1 Å². The fraction of sp³-hybridized carbons (Fsp3) is 0. The summed E-state index contributed by atoms with van der Waals surface area (Å²) < 4.78 is 32.1. The fourth-order valence-electron chi connectivity index (χ4n) is 0. The molecule has 0 spiro atoms. The molecule has 0 heterocycles. The molecule has 0 aliphatic heterocycles. The van der Waals surface area contributed by atoms with Crippen LogP contribution in [-0.2, 0) is 31.5 Å². The maximum atomic E-state index is 9.47. The molecule has 0 bridgehead atoms. The Morgan fingerprint density at radius 1 is 1.25 bits per heavy atom. The van der Waals surface area contributed by atoms with E-state index in [1.54, 1.807) is 0 Å². The predicted octanol–water partition coefficient (Wildman–Crippen LogP) is 0.000700. The van der Waals surface area contributed by atoms with Gasteiger partial charge in [0.05, 0.1) is 0 Å². The van der Waals surface area contributed by atoms with Gasteiger partial charge in [-0.15, -0.1) is 0 Å². The van der Waals surface area contributed by atoms with E-state index < -0.39 is 16.5 Å². The zero-order valence-corrected chi connectivity index (χ0v) is 9.84. The quantitative estimate of drug-likeness (QED) is 0.244. The Balaban J connectivity index is -0.000000126. The molecule has 0 fully saturated rings. The summed E-state index contributed by atoms with van der Waals surface area (Å²) in [5.41, 5.74) is 0. The Morgan fingerprint density at radius 3 is 1.33 bits per heavy atom. The van der Waals surface area contributed by atoms with Crippen molar-refractivity contribution in [2.45, 2.75) is 0 Å². The molecule has 0 aromatic rings. The molecular weight excluding hydrogens is 314 g/mol. The van der Waals surface area contributed by atoms with E-state index in [1.165, 1.54) is 0 Å². The first-order valence-corrected chi connectivity index (χ1v) is 3.95. The molecule has 74 valence electrons. The monoisotopic (exact) mass is 321 g/mol. The number of hydrogen-bond acceptors (Lipinski definition) is 5. The molecule has 0 aromatic carbocycles. The number of nitrogens with zero attached hydrogens (tertiary/aromatic N) is 1. The van der Waals surface area contributed by atoms with E-state index in [1.807, 2.05) is 0 Å². The number of carbonyl (C=O) groups is 1. The molecule has 3 N–H and O–H groups in total. The molecule has 7 nitrogen and oxygen atoms in total. The molecular formula is CH5MoNO6S3. The summed E-state index contributed by atoms with van der Waals surface area (Å²) in [5.74, 6) is 0. The average molecular weight is 319 g/mol. The van der Waals surface area contributed by atoms with E-state index in [4.69, 9.17) is 22.6 Å². The van der Waals surface area contributed by atoms with Gasteiger partial charge in [0.2, 0.25) is 0 Å². The van der Waals surface area contributed by atoms with Crippen molar-refractivity contribution in [3.05, 3.63) is 0 Å². The summed E-state index contributed by atoms with van der Waals surface area (Å²) in [6, 6.07) is 0. The summed E-state index contributed by atoms with van der Waals surface area (Å²) in [4.78, 5) is 9.47. The molecule has 0 rings (SSSR count). The Labute approximate surface area is 94.1 Å². The van der Waals surface area contributed by atoms with E-state index >= 15 is 0 Å². The number of amides is 1. The first-order valence-electron chi connectivity index (χ1n) is 1.75. The zero-order valence-electron chi connectivity index (χ0n) is 5.22. The predicted molar refractivity (Wildman–Crippen MR) is 42.0 cm³/mol. The Bertz CT molecular complexity index is 203. The second-order valence-corrected chi connectivity index (χ2v) is 3.03. The molecule has 0 saturated carbocycles. The van der Waals surface area contributed by atoms with Gasteiger partial charge in [-0.25, -0.2) is 4.79 Å². The van der Waals surface area contributed by atoms with Crippen LogP contribution >= 0.6 is 25.6 Å². The van der Waals surface area contributed by atoms with Crippen LogP contribution in [-0.4, -0.2) is 32.4 Å². The number of thiol groups is 2. The standard InChI is InChI=1S/CH3NO2S2.Mo.H2O4S/c3-1(4)2(5)6;;1-5(2,3)4/h5-6H,(H,3,4);;(H2,1,2,3,4). The van der Waals surface area contributed by atoms with Gasteiger partial charge in [0.1, 0.15) is 0 Å². The second kappa shape index (κ2) is 8.14. The summed E-state index contributed by atoms with van der Waals surface area (Å²) in [5, 5.41) is 7.76. The van der Waals surface area contributed by atoms with Crippen molar-refractivity contribution in [2.75, 3.05) is 0 Å². The summed E-state index contributed by atoms with van der Waals surface area (Å²) in [6.45, 7) is 0. The van der Waals surface area contributed by atoms with Crippen molar-refractivity contribution in [1.82, 2.24) is 3.71 Å². The minimum absolute atomic E-state index is 0. The fourth-order valence-corrected chi connectivity index (χ4v) is 0. The van der Waals surface area contributed by atoms with E-state index in [0.717, 1.165) is 0 Å². The minimum Gasteiger partial charge on any atom is -0.464 e. The van der Waals surface area contributed by atoms with Gasteiger partial charge in [0, 0.05) is 21.1 Å². The molecule has 0 radical (unpaired) electrons. The maximum Gasteiger partial charge on any atom is 0.427 e. The van der Waals surface area contributed by atoms with Crippen LogP contribution in [0, 0.1) is 0 Å². The van der Waals surface area contributed by atoms with Crippen molar-refractivity contribution in [3.8, 4) is 0 Å². The molecule has 11 heteroatoms. The van der Waals surface area contributed by atoms with Crippen molar-refractivity contribution in [1.29, 1.82) is 0 Å². The molecule has 0 aliphatic rings. The van der Waals surface area contributed by atoms with E-state index in [-0.39, 0.29) is 21.1 Å². The normalized spacial score (nSPS) is 8.67. The van der Waals surface area contributed by atoms with Crippen molar-refractivity contribution in [3.63, 3.8) is 0 Å². The largest absolute Gasteiger partial charge is 0.464 e. The van der Waals surface area contributed by atoms with Gasteiger partial charge in [-0.05, 0) is 25.6 Å². The average Bonchev–Trinajstić information content (AvgIpc) is 1.59. The van der Waals surface area contributed by atoms with Gasteiger partial charge in [-0.1, -0.05) is 0 Å². The van der Waals surface area contributed by atoms with Gasteiger partial charge >= 0.3 is 16.5 Å². The van der Waals surface area contributed by atoms with E-state index in [9.17, 15) is 4.79 Å². The zero-order chi connectivity index (χ0) is 9.65. The van der Waals surface area contributed by atoms with Crippen LogP contribution in [0.3, 0.4) is 0 Å². The van der Waals surface area contributed by atoms with E-state index in [2.05, 4.69) is 25.6 Å². The van der Waals surface area contributed by atoms with Crippen LogP contribution in [0.2, 0.25) is 0 Å². The summed E-state index contributed by atoms with van der Waals surface area (Å²) >= 11 is 6.58. The molecule has 0 aliphatic carbocycles. The van der Waals surface area contributed by atoms with Gasteiger partial charge in [0.25, 0.3) is 0 Å². The number of carboxylic acid groups (broad SMARTS) is 1. The molecule has 1 amide bonds.